The van der Waals surface area contributed by atoms with Crippen LogP contribution in [0.5, 0.6) is 0 Å². The summed E-state index contributed by atoms with van der Waals surface area (Å²) < 4.78 is 0. The molecule has 0 radical (unpaired) electrons. The molecule has 1 aliphatic carbocycles. The van der Waals surface area contributed by atoms with Crippen LogP contribution < -0.4 is 11.1 Å². The molecule has 0 heterocycles. The van der Waals surface area contributed by atoms with Gasteiger partial charge in [-0.15, -0.1) is 12.4 Å². The van der Waals surface area contributed by atoms with E-state index < -0.39 is 0 Å². The lowest BCUT2D eigenvalue weighted by molar-refractivity contribution is -0.129. The van der Waals surface area contributed by atoms with Crippen molar-refractivity contribution in [2.75, 3.05) is 13.1 Å². The van der Waals surface area contributed by atoms with Crippen molar-refractivity contribution in [1.29, 1.82) is 0 Å². The van der Waals surface area contributed by atoms with Crippen LogP contribution in [-0.2, 0) is 4.79 Å². The van der Waals surface area contributed by atoms with Gasteiger partial charge < -0.3 is 11.1 Å². The molecule has 18 heavy (non-hydrogen) atoms. The van der Waals surface area contributed by atoms with Gasteiger partial charge in [0.1, 0.15) is 0 Å². The predicted octanol–water partition coefficient (Wildman–Crippen LogP) is 3.01. The van der Waals surface area contributed by atoms with E-state index in [4.69, 9.17) is 5.73 Å². The molecule has 1 saturated carbocycles. The number of carbonyl (C=O) groups excluding carboxylic acids is 1. The molecule has 3 nitrogen and oxygen atoms in total. The van der Waals surface area contributed by atoms with Crippen LogP contribution in [0.15, 0.2) is 0 Å². The number of carbonyl (C=O) groups is 1. The Balaban J connectivity index is 0.00000289. The molecule has 0 aromatic heterocycles. The van der Waals surface area contributed by atoms with Crippen LogP contribution in [0.25, 0.3) is 0 Å². The quantitative estimate of drug-likeness (QED) is 0.670. The molecular weight excluding hydrogens is 248 g/mol. The van der Waals surface area contributed by atoms with Gasteiger partial charge in [-0.05, 0) is 25.8 Å². The summed E-state index contributed by atoms with van der Waals surface area (Å²) in [6, 6.07) is 0. The van der Waals surface area contributed by atoms with Crippen LogP contribution in [0.2, 0.25) is 0 Å². The summed E-state index contributed by atoms with van der Waals surface area (Å²) in [5.74, 6) is -0.0988. The lowest BCUT2D eigenvalue weighted by Crippen LogP contribution is -2.46. The Kier molecular flexibility index (Phi) is 9.47. The fourth-order valence-electron chi connectivity index (χ4n) is 2.74. The van der Waals surface area contributed by atoms with Gasteiger partial charge in [-0.25, -0.2) is 0 Å². The van der Waals surface area contributed by atoms with Gasteiger partial charge in [0, 0.05) is 6.54 Å². The van der Waals surface area contributed by atoms with Gasteiger partial charge in [-0.1, -0.05) is 45.4 Å². The van der Waals surface area contributed by atoms with Crippen LogP contribution in [-0.4, -0.2) is 19.0 Å². The molecule has 3 N–H and O–H groups in total. The largest absolute Gasteiger partial charge is 0.369 e. The zero-order chi connectivity index (χ0) is 12.6. The highest BCUT2D eigenvalue weighted by molar-refractivity contribution is 5.85. The SMILES string of the molecule is CCCCCCNCC1(C(N)=O)CCCCC1.Cl. The molecule has 0 unspecified atom stereocenters. The Labute approximate surface area is 118 Å². The van der Waals surface area contributed by atoms with Gasteiger partial charge in [0.25, 0.3) is 0 Å². The molecule has 1 aliphatic rings. The molecule has 0 atom stereocenters. The molecule has 0 spiro atoms. The van der Waals surface area contributed by atoms with Crippen LogP contribution in [0.3, 0.4) is 0 Å². The van der Waals surface area contributed by atoms with Gasteiger partial charge in [-0.3, -0.25) is 4.79 Å². The molecular formula is C14H29ClN2O. The van der Waals surface area contributed by atoms with Crippen LogP contribution in [0, 0.1) is 5.41 Å². The molecule has 1 rings (SSSR count). The first kappa shape index (κ1) is 17.7. The first-order chi connectivity index (χ1) is 8.21. The Morgan fingerprint density at radius 3 is 2.39 bits per heavy atom. The zero-order valence-corrected chi connectivity index (χ0v) is 12.5. The number of amides is 1. The van der Waals surface area contributed by atoms with Gasteiger partial charge in [0.2, 0.25) is 5.91 Å². The summed E-state index contributed by atoms with van der Waals surface area (Å²) in [7, 11) is 0. The molecule has 0 saturated heterocycles. The number of unbranched alkanes of at least 4 members (excludes halogenated alkanes) is 3. The van der Waals surface area contributed by atoms with Gasteiger partial charge in [0.05, 0.1) is 5.41 Å². The average Bonchev–Trinajstić information content (AvgIpc) is 2.34. The van der Waals surface area contributed by atoms with Gasteiger partial charge in [0.15, 0.2) is 0 Å². The van der Waals surface area contributed by atoms with Gasteiger partial charge in [-0.2, -0.15) is 0 Å². The first-order valence-corrected chi connectivity index (χ1v) is 7.22. The van der Waals surface area contributed by atoms with E-state index in [1.165, 1.54) is 32.1 Å². The average molecular weight is 277 g/mol. The molecule has 0 aromatic carbocycles. The lowest BCUT2D eigenvalue weighted by Gasteiger charge is -2.34. The summed E-state index contributed by atoms with van der Waals surface area (Å²) in [5.41, 5.74) is 5.34. The van der Waals surface area contributed by atoms with E-state index in [2.05, 4.69) is 12.2 Å². The highest BCUT2D eigenvalue weighted by atomic mass is 35.5. The minimum absolute atomic E-state index is 0. The fourth-order valence-corrected chi connectivity index (χ4v) is 2.74. The molecule has 108 valence electrons. The highest BCUT2D eigenvalue weighted by Gasteiger charge is 2.37. The normalized spacial score (nSPS) is 18.1. The van der Waals surface area contributed by atoms with E-state index in [1.54, 1.807) is 0 Å². The van der Waals surface area contributed by atoms with Crippen molar-refractivity contribution < 1.29 is 4.79 Å². The summed E-state index contributed by atoms with van der Waals surface area (Å²) in [4.78, 5) is 11.6. The number of hydrogen-bond acceptors (Lipinski definition) is 2. The minimum Gasteiger partial charge on any atom is -0.369 e. The molecule has 0 aliphatic heterocycles. The molecule has 4 heteroatoms. The number of hydrogen-bond donors (Lipinski definition) is 2. The predicted molar refractivity (Wildman–Crippen MR) is 79.0 cm³/mol. The van der Waals surface area contributed by atoms with Crippen molar-refractivity contribution in [3.8, 4) is 0 Å². The molecule has 0 bridgehead atoms. The van der Waals surface area contributed by atoms with Gasteiger partial charge >= 0.3 is 0 Å². The van der Waals surface area contributed by atoms with E-state index >= 15 is 0 Å². The summed E-state index contributed by atoms with van der Waals surface area (Å²) >= 11 is 0. The fraction of sp³-hybridized carbons (Fsp3) is 0.929. The maximum atomic E-state index is 11.6. The second kappa shape index (κ2) is 9.62. The summed E-state index contributed by atoms with van der Waals surface area (Å²) in [6.45, 7) is 4.03. The van der Waals surface area contributed by atoms with Crippen molar-refractivity contribution in [3.05, 3.63) is 0 Å². The summed E-state index contributed by atoms with van der Waals surface area (Å²) in [6.07, 6.45) is 10.6. The Morgan fingerprint density at radius 1 is 1.17 bits per heavy atom. The Morgan fingerprint density at radius 2 is 1.83 bits per heavy atom. The van der Waals surface area contributed by atoms with E-state index in [-0.39, 0.29) is 23.7 Å². The molecule has 0 aromatic rings. The van der Waals surface area contributed by atoms with Crippen molar-refractivity contribution in [2.45, 2.75) is 64.7 Å². The number of nitrogens with one attached hydrogen (secondary N) is 1. The summed E-state index contributed by atoms with van der Waals surface area (Å²) in [5, 5.41) is 3.44. The number of halogens is 1. The van der Waals surface area contributed by atoms with Crippen LogP contribution >= 0.6 is 12.4 Å². The second-order valence-corrected chi connectivity index (χ2v) is 5.44. The second-order valence-electron chi connectivity index (χ2n) is 5.44. The number of nitrogens with two attached hydrogens (primary N) is 1. The standard InChI is InChI=1S/C14H28N2O.ClH/c1-2-3-4-8-11-16-12-14(13(15)17)9-6-5-7-10-14;/h16H,2-12H2,1H3,(H2,15,17);1H. The van der Waals surface area contributed by atoms with E-state index in [1.807, 2.05) is 0 Å². The third-order valence-electron chi connectivity index (χ3n) is 4.00. The third kappa shape index (κ3) is 5.57. The zero-order valence-electron chi connectivity index (χ0n) is 11.7. The van der Waals surface area contributed by atoms with Crippen molar-refractivity contribution in [3.63, 3.8) is 0 Å². The molecule has 1 amide bonds. The van der Waals surface area contributed by atoms with Crippen molar-refractivity contribution in [2.24, 2.45) is 11.1 Å². The van der Waals surface area contributed by atoms with E-state index in [0.29, 0.717) is 0 Å². The first-order valence-electron chi connectivity index (χ1n) is 7.22. The highest BCUT2D eigenvalue weighted by Crippen LogP contribution is 2.35. The maximum absolute atomic E-state index is 11.6. The molecule has 1 fully saturated rings. The topological polar surface area (TPSA) is 55.1 Å². The maximum Gasteiger partial charge on any atom is 0.224 e. The lowest BCUT2D eigenvalue weighted by atomic mass is 9.73. The van der Waals surface area contributed by atoms with E-state index in [9.17, 15) is 4.79 Å². The monoisotopic (exact) mass is 276 g/mol. The van der Waals surface area contributed by atoms with Crippen molar-refractivity contribution in [1.82, 2.24) is 5.32 Å². The number of rotatable bonds is 8. The smallest absolute Gasteiger partial charge is 0.224 e. The van der Waals surface area contributed by atoms with Crippen LogP contribution in [0.1, 0.15) is 64.7 Å². The Hall–Kier alpha value is -0.280. The number of primary amides is 1. The third-order valence-corrected chi connectivity index (χ3v) is 4.00. The Bertz CT molecular complexity index is 228. The van der Waals surface area contributed by atoms with Crippen molar-refractivity contribution >= 4 is 18.3 Å². The van der Waals surface area contributed by atoms with E-state index in [0.717, 1.165) is 38.8 Å². The van der Waals surface area contributed by atoms with Crippen LogP contribution in [0.4, 0.5) is 0 Å². The minimum atomic E-state index is -0.247.